The van der Waals surface area contributed by atoms with Gasteiger partial charge in [-0.05, 0) is 30.9 Å². The van der Waals surface area contributed by atoms with Crippen LogP contribution in [0.2, 0.25) is 5.02 Å². The number of thiophene rings is 1. The Morgan fingerprint density at radius 3 is 2.66 bits per heavy atom. The molecule has 1 aromatic carbocycles. The second kappa shape index (κ2) is 10.3. The zero-order chi connectivity index (χ0) is 25.3. The Morgan fingerprint density at radius 2 is 1.97 bits per heavy atom. The molecule has 0 radical (unpaired) electrons. The number of fused-ring (bicyclic) bond motifs is 1. The Kier molecular flexibility index (Phi) is 7.57. The first-order valence-corrected chi connectivity index (χ1v) is 13.7. The van der Waals surface area contributed by atoms with Crippen LogP contribution in [0.1, 0.15) is 19.4 Å². The first-order valence-electron chi connectivity index (χ1n) is 11.0. The van der Waals surface area contributed by atoms with Crippen LogP contribution >= 0.6 is 22.9 Å². The highest BCUT2D eigenvalue weighted by Gasteiger charge is 2.32. The summed E-state index contributed by atoms with van der Waals surface area (Å²) in [6.45, 7) is 7.46. The Morgan fingerprint density at radius 1 is 1.26 bits per heavy atom. The number of hydrogen-bond donors (Lipinski definition) is 2. The molecule has 13 heteroatoms. The number of rotatable bonds is 7. The smallest absolute Gasteiger partial charge is 0.246 e. The summed E-state index contributed by atoms with van der Waals surface area (Å²) in [5.74, 6) is -0.605. The van der Waals surface area contributed by atoms with Gasteiger partial charge in [0.05, 0.1) is 20.9 Å². The molecule has 188 valence electrons. The van der Waals surface area contributed by atoms with E-state index in [4.69, 9.17) is 11.6 Å². The molecule has 4 rings (SSSR count). The molecule has 1 saturated heterocycles. The SMILES string of the molecule is CC(=O)Nc1cc(F)c(S(=O)(=O)N2CCN(C[C@H](C)Nc3ncnc4c(C)csc34)CC2)cc1Cl. The number of carbonyl (C=O) groups is 1. The van der Waals surface area contributed by atoms with Gasteiger partial charge in [-0.1, -0.05) is 11.6 Å². The van der Waals surface area contributed by atoms with E-state index in [9.17, 15) is 17.6 Å². The fourth-order valence-electron chi connectivity index (χ4n) is 4.04. The summed E-state index contributed by atoms with van der Waals surface area (Å²) in [7, 11) is -4.08. The summed E-state index contributed by atoms with van der Waals surface area (Å²) in [6.07, 6.45) is 1.55. The lowest BCUT2D eigenvalue weighted by Crippen LogP contribution is -2.50. The van der Waals surface area contributed by atoms with E-state index < -0.39 is 26.6 Å². The van der Waals surface area contributed by atoms with Crippen molar-refractivity contribution in [2.45, 2.75) is 31.7 Å². The van der Waals surface area contributed by atoms with Gasteiger partial charge >= 0.3 is 0 Å². The van der Waals surface area contributed by atoms with Gasteiger partial charge in [-0.2, -0.15) is 4.31 Å². The summed E-state index contributed by atoms with van der Waals surface area (Å²) >= 11 is 7.69. The maximum absolute atomic E-state index is 14.7. The molecule has 0 spiro atoms. The van der Waals surface area contributed by atoms with Crippen molar-refractivity contribution >= 4 is 60.6 Å². The number of benzene rings is 1. The molecule has 3 heterocycles. The van der Waals surface area contributed by atoms with Crippen molar-refractivity contribution in [3.63, 3.8) is 0 Å². The number of nitrogens with zero attached hydrogens (tertiary/aromatic N) is 4. The fourth-order valence-corrected chi connectivity index (χ4v) is 6.77. The minimum absolute atomic E-state index is 0.0283. The van der Waals surface area contributed by atoms with Gasteiger partial charge in [0.25, 0.3) is 0 Å². The molecule has 3 aromatic rings. The van der Waals surface area contributed by atoms with Crippen molar-refractivity contribution in [3.8, 4) is 0 Å². The highest BCUT2D eigenvalue weighted by molar-refractivity contribution is 7.89. The first kappa shape index (κ1) is 25.7. The van der Waals surface area contributed by atoms with Crippen LogP contribution in [-0.2, 0) is 14.8 Å². The number of halogens is 2. The summed E-state index contributed by atoms with van der Waals surface area (Å²) in [5, 5.41) is 7.83. The molecule has 1 fully saturated rings. The minimum Gasteiger partial charge on any atom is -0.365 e. The Labute approximate surface area is 212 Å². The third kappa shape index (κ3) is 5.56. The monoisotopic (exact) mass is 540 g/mol. The number of hydrogen-bond acceptors (Lipinski definition) is 8. The molecular weight excluding hydrogens is 515 g/mol. The number of anilines is 2. The van der Waals surface area contributed by atoms with Crippen molar-refractivity contribution in [2.24, 2.45) is 0 Å². The van der Waals surface area contributed by atoms with Gasteiger partial charge in [0.2, 0.25) is 15.9 Å². The van der Waals surface area contributed by atoms with Crippen molar-refractivity contribution in [3.05, 3.63) is 40.2 Å². The number of sulfonamides is 1. The number of piperazine rings is 1. The van der Waals surface area contributed by atoms with E-state index in [-0.39, 0.29) is 29.8 Å². The van der Waals surface area contributed by atoms with Crippen molar-refractivity contribution in [1.82, 2.24) is 19.2 Å². The predicted octanol–water partition coefficient (Wildman–Crippen LogP) is 3.56. The van der Waals surface area contributed by atoms with Gasteiger partial charge in [0, 0.05) is 51.8 Å². The number of amides is 1. The van der Waals surface area contributed by atoms with E-state index in [1.807, 2.05) is 13.8 Å². The van der Waals surface area contributed by atoms with Gasteiger partial charge in [0.1, 0.15) is 22.9 Å². The molecule has 2 aromatic heterocycles. The summed E-state index contributed by atoms with van der Waals surface area (Å²) in [5.41, 5.74) is 2.08. The molecule has 0 bridgehead atoms. The lowest BCUT2D eigenvalue weighted by molar-refractivity contribution is -0.114. The quantitative estimate of drug-likeness (QED) is 0.472. The lowest BCUT2D eigenvalue weighted by atomic mass is 10.2. The average Bonchev–Trinajstić information content (AvgIpc) is 3.18. The third-order valence-electron chi connectivity index (χ3n) is 5.73. The number of aryl methyl sites for hydroxylation is 1. The highest BCUT2D eigenvalue weighted by Crippen LogP contribution is 2.31. The molecule has 1 amide bonds. The molecular formula is C22H26ClFN6O3S2. The maximum atomic E-state index is 14.7. The lowest BCUT2D eigenvalue weighted by Gasteiger charge is -2.35. The molecule has 0 aliphatic carbocycles. The molecule has 0 saturated carbocycles. The van der Waals surface area contributed by atoms with Crippen molar-refractivity contribution < 1.29 is 17.6 Å². The Balaban J connectivity index is 1.38. The topological polar surface area (TPSA) is 108 Å². The molecule has 1 aliphatic rings. The first-order chi connectivity index (χ1) is 16.6. The van der Waals surface area contributed by atoms with Crippen molar-refractivity contribution in [2.75, 3.05) is 43.4 Å². The number of carbonyl (C=O) groups excluding carboxylic acids is 1. The van der Waals surface area contributed by atoms with Crippen LogP contribution in [0.5, 0.6) is 0 Å². The zero-order valence-electron chi connectivity index (χ0n) is 19.5. The molecule has 9 nitrogen and oxygen atoms in total. The van der Waals surface area contributed by atoms with Crippen LogP contribution in [0.15, 0.2) is 28.7 Å². The normalized spacial score (nSPS) is 16.4. The van der Waals surface area contributed by atoms with E-state index >= 15 is 0 Å². The van der Waals surface area contributed by atoms with Gasteiger partial charge in [0.15, 0.2) is 0 Å². The largest absolute Gasteiger partial charge is 0.365 e. The van der Waals surface area contributed by atoms with Crippen molar-refractivity contribution in [1.29, 1.82) is 0 Å². The van der Waals surface area contributed by atoms with Crippen LogP contribution in [0.4, 0.5) is 15.9 Å². The fraction of sp³-hybridized carbons (Fsp3) is 0.409. The number of aromatic nitrogens is 2. The molecule has 0 unspecified atom stereocenters. The van der Waals surface area contributed by atoms with Gasteiger partial charge in [-0.25, -0.2) is 22.8 Å². The third-order valence-corrected chi connectivity index (χ3v) is 9.05. The van der Waals surface area contributed by atoms with Crippen LogP contribution in [-0.4, -0.2) is 72.3 Å². The van der Waals surface area contributed by atoms with E-state index in [0.29, 0.717) is 19.6 Å². The number of nitrogens with one attached hydrogen (secondary N) is 2. The Bertz CT molecular complexity index is 1360. The van der Waals surface area contributed by atoms with E-state index in [0.717, 1.165) is 33.7 Å². The molecule has 1 atom stereocenters. The van der Waals surface area contributed by atoms with E-state index in [2.05, 4.69) is 30.9 Å². The average molecular weight is 541 g/mol. The highest BCUT2D eigenvalue weighted by atomic mass is 35.5. The minimum atomic E-state index is -4.08. The summed E-state index contributed by atoms with van der Waals surface area (Å²) in [6, 6.07) is 2.04. The molecule has 2 N–H and O–H groups in total. The Hall–Kier alpha value is -2.38. The molecule has 35 heavy (non-hydrogen) atoms. The van der Waals surface area contributed by atoms with Crippen LogP contribution < -0.4 is 10.6 Å². The second-order valence-corrected chi connectivity index (χ2v) is 11.7. The summed E-state index contributed by atoms with van der Waals surface area (Å²) in [4.78, 5) is 21.6. The van der Waals surface area contributed by atoms with Crippen LogP contribution in [0.3, 0.4) is 0 Å². The van der Waals surface area contributed by atoms with Gasteiger partial charge < -0.3 is 10.6 Å². The zero-order valence-corrected chi connectivity index (χ0v) is 21.9. The van der Waals surface area contributed by atoms with Crippen LogP contribution in [0, 0.1) is 12.7 Å². The maximum Gasteiger partial charge on any atom is 0.246 e. The van der Waals surface area contributed by atoms with E-state index in [1.54, 1.807) is 17.7 Å². The van der Waals surface area contributed by atoms with Gasteiger partial charge in [-0.3, -0.25) is 9.69 Å². The van der Waals surface area contributed by atoms with E-state index in [1.165, 1.54) is 11.2 Å². The standard InChI is InChI=1S/C22H26ClFN6O3S2/c1-13-11-34-21-20(13)25-12-26-22(21)27-14(2)10-29-4-6-30(7-5-29)35(32,33)19-8-16(23)18(9-17(19)24)28-15(3)31/h8-9,11-12,14H,4-7,10H2,1-3H3,(H,28,31)(H,25,26,27)/t14-/m0/s1. The van der Waals surface area contributed by atoms with Crippen LogP contribution in [0.25, 0.3) is 10.2 Å². The van der Waals surface area contributed by atoms with Gasteiger partial charge in [-0.15, -0.1) is 11.3 Å². The predicted molar refractivity (Wildman–Crippen MR) is 136 cm³/mol. The summed E-state index contributed by atoms with van der Waals surface area (Å²) < 4.78 is 43.1. The molecule has 1 aliphatic heterocycles. The second-order valence-electron chi connectivity index (χ2n) is 8.51.